The molecule has 18 nitrogen and oxygen atoms in total. The van der Waals surface area contributed by atoms with Crippen LogP contribution in [0, 0.1) is 0 Å². The molecule has 1 aromatic carbocycles. The van der Waals surface area contributed by atoms with E-state index in [2.05, 4.69) is 35.5 Å². The van der Waals surface area contributed by atoms with Crippen LogP contribution in [0.5, 0.6) is 5.75 Å². The molecule has 3 N–H and O–H groups in total. The van der Waals surface area contributed by atoms with E-state index < -0.39 is 23.8 Å². The van der Waals surface area contributed by atoms with Gasteiger partial charge in [-0.25, -0.2) is 0 Å². The molecule has 0 aliphatic carbocycles. The number of amides is 3. The predicted molar refractivity (Wildman–Crippen MR) is 165 cm³/mol. The molecule has 1 aromatic rings. The number of carbonyl (C=O) groups is 5. The fourth-order valence-corrected chi connectivity index (χ4v) is 3.43. The van der Waals surface area contributed by atoms with E-state index in [9.17, 15) is 24.0 Å². The number of ether oxygens (including phenoxy) is 7. The molecule has 0 fully saturated rings. The fourth-order valence-electron chi connectivity index (χ4n) is 3.43. The number of hydrogen-bond donors (Lipinski definition) is 3. The van der Waals surface area contributed by atoms with Gasteiger partial charge in [0.25, 0.3) is 11.8 Å². The highest BCUT2D eigenvalue weighted by atomic mass is 16.6. The van der Waals surface area contributed by atoms with Crippen molar-refractivity contribution in [1.82, 2.24) is 16.0 Å². The first-order valence-corrected chi connectivity index (χ1v) is 14.9. The topological polar surface area (TPSA) is 235 Å². The van der Waals surface area contributed by atoms with Crippen molar-refractivity contribution in [2.75, 3.05) is 99.9 Å². The van der Waals surface area contributed by atoms with Crippen molar-refractivity contribution in [1.29, 1.82) is 0 Å². The number of carbonyl (C=O) groups excluding carboxylic acids is 5. The van der Waals surface area contributed by atoms with Crippen LogP contribution in [0.1, 0.15) is 40.0 Å². The molecular weight excluding hydrogens is 624 g/mol. The molecule has 0 saturated heterocycles. The zero-order chi connectivity index (χ0) is 34.5. The lowest BCUT2D eigenvalue weighted by atomic mass is 10.1. The van der Waals surface area contributed by atoms with Gasteiger partial charge in [-0.05, 0) is 23.7 Å². The predicted octanol–water partition coefficient (Wildman–Crippen LogP) is 0.534. The first-order chi connectivity index (χ1) is 22.8. The minimum atomic E-state index is -0.545. The second kappa shape index (κ2) is 26.7. The number of benzene rings is 1. The van der Waals surface area contributed by atoms with Crippen molar-refractivity contribution in [2.24, 2.45) is 5.11 Å². The zero-order valence-electron chi connectivity index (χ0n) is 26.8. The molecule has 47 heavy (non-hydrogen) atoms. The van der Waals surface area contributed by atoms with Crippen LogP contribution >= 0.6 is 0 Å². The minimum absolute atomic E-state index is 0.0229. The van der Waals surface area contributed by atoms with E-state index in [-0.39, 0.29) is 81.4 Å². The van der Waals surface area contributed by atoms with E-state index >= 15 is 0 Å². The van der Waals surface area contributed by atoms with Gasteiger partial charge >= 0.3 is 11.9 Å². The Kier molecular flexibility index (Phi) is 23.0. The van der Waals surface area contributed by atoms with Crippen LogP contribution in [0.2, 0.25) is 0 Å². The summed E-state index contributed by atoms with van der Waals surface area (Å²) in [5.74, 6) is -2.13. The van der Waals surface area contributed by atoms with E-state index in [4.69, 9.17) is 29.2 Å². The molecule has 1 rings (SSSR count). The summed E-state index contributed by atoms with van der Waals surface area (Å²) in [6.07, 6.45) is 0.0581. The van der Waals surface area contributed by atoms with Gasteiger partial charge in [0.2, 0.25) is 5.91 Å². The molecule has 0 bridgehead atoms. The van der Waals surface area contributed by atoms with E-state index in [1.54, 1.807) is 0 Å². The average Bonchev–Trinajstić information content (AvgIpc) is 3.07. The summed E-state index contributed by atoms with van der Waals surface area (Å²) in [5.41, 5.74) is 8.36. The number of nitrogens with one attached hydrogen (secondary N) is 3. The summed E-state index contributed by atoms with van der Waals surface area (Å²) in [6, 6.07) is 4.20. The molecule has 0 aliphatic rings. The van der Waals surface area contributed by atoms with Crippen LogP contribution in [-0.2, 0) is 42.8 Å². The maximum Gasteiger partial charge on any atom is 0.307 e. The molecular formula is C29H44N6O12. The van der Waals surface area contributed by atoms with Gasteiger partial charge in [-0.2, -0.15) is 0 Å². The Morgan fingerprint density at radius 1 is 0.638 bits per heavy atom. The molecule has 0 aromatic heterocycles. The highest BCUT2D eigenvalue weighted by Gasteiger charge is 2.15. The number of methoxy groups -OCH3 is 2. The van der Waals surface area contributed by atoms with Gasteiger partial charge in [0.15, 0.2) is 0 Å². The average molecular weight is 669 g/mol. The second-order valence-electron chi connectivity index (χ2n) is 9.26. The molecule has 3 amide bonds. The lowest BCUT2D eigenvalue weighted by Crippen LogP contribution is -2.29. The Morgan fingerprint density at radius 3 is 1.62 bits per heavy atom. The first-order valence-electron chi connectivity index (χ1n) is 14.9. The Balaban J connectivity index is 2.37. The van der Waals surface area contributed by atoms with Crippen molar-refractivity contribution in [3.05, 3.63) is 39.8 Å². The maximum absolute atomic E-state index is 12.7. The van der Waals surface area contributed by atoms with E-state index in [0.717, 1.165) is 0 Å². The number of esters is 2. The third kappa shape index (κ3) is 21.0. The first kappa shape index (κ1) is 40.5. The summed E-state index contributed by atoms with van der Waals surface area (Å²) in [7, 11) is 2.48. The summed E-state index contributed by atoms with van der Waals surface area (Å²) in [6.45, 7) is 3.28. The van der Waals surface area contributed by atoms with Crippen molar-refractivity contribution in [3.8, 4) is 5.75 Å². The smallest absolute Gasteiger partial charge is 0.307 e. The monoisotopic (exact) mass is 668 g/mol. The van der Waals surface area contributed by atoms with E-state index in [1.165, 1.54) is 32.4 Å². The molecule has 0 atom stereocenters. The van der Waals surface area contributed by atoms with E-state index in [1.807, 2.05) is 0 Å². The lowest BCUT2D eigenvalue weighted by molar-refractivity contribution is -0.141. The van der Waals surface area contributed by atoms with Crippen LogP contribution in [0.4, 0.5) is 0 Å². The summed E-state index contributed by atoms with van der Waals surface area (Å²) >= 11 is 0. The Bertz CT molecular complexity index is 1110. The fraction of sp³-hybridized carbons (Fsp3) is 0.621. The zero-order valence-corrected chi connectivity index (χ0v) is 26.8. The minimum Gasteiger partial charge on any atom is -0.492 e. The molecule has 18 heteroatoms. The lowest BCUT2D eigenvalue weighted by Gasteiger charge is -2.12. The highest BCUT2D eigenvalue weighted by Crippen LogP contribution is 2.18. The Morgan fingerprint density at radius 2 is 1.13 bits per heavy atom. The van der Waals surface area contributed by atoms with Crippen molar-refractivity contribution >= 4 is 29.7 Å². The molecule has 0 radical (unpaired) electrons. The number of hydrogen-bond acceptors (Lipinski definition) is 13. The van der Waals surface area contributed by atoms with Crippen LogP contribution in [0.25, 0.3) is 10.4 Å². The summed E-state index contributed by atoms with van der Waals surface area (Å²) < 4.78 is 36.1. The molecule has 0 spiro atoms. The van der Waals surface area contributed by atoms with Gasteiger partial charge in [0.05, 0.1) is 86.5 Å². The summed E-state index contributed by atoms with van der Waals surface area (Å²) in [5, 5.41) is 11.2. The van der Waals surface area contributed by atoms with Crippen LogP contribution in [0.15, 0.2) is 23.3 Å². The third-order valence-electron chi connectivity index (χ3n) is 5.80. The normalized spacial score (nSPS) is 10.3. The molecule has 0 saturated carbocycles. The standard InChI is InChI=1S/C29H44N6O12/c1-41-26(37)3-6-32-28(39)22-19-23(29(40)33-7-4-27(38)42-2)21-24(20-22)47-12-8-31-25(36)5-10-43-13-15-45-17-18-46-16-14-44-11-9-34-35-30/h19-21H,3-18H2,1-2H3,(H,31,36)(H,32,39)(H,33,40). The van der Waals surface area contributed by atoms with Crippen LogP contribution < -0.4 is 20.7 Å². The van der Waals surface area contributed by atoms with Crippen molar-refractivity contribution < 1.29 is 57.1 Å². The van der Waals surface area contributed by atoms with Gasteiger partial charge in [-0.3, -0.25) is 24.0 Å². The number of azide groups is 1. The van der Waals surface area contributed by atoms with Crippen molar-refractivity contribution in [3.63, 3.8) is 0 Å². The van der Waals surface area contributed by atoms with Gasteiger partial charge in [-0.15, -0.1) is 0 Å². The SMILES string of the molecule is COC(=O)CCNC(=O)c1cc(OCCNC(=O)CCOCCOCCOCCOCCN=[N+]=[N-])cc(C(=O)NCCC(=O)OC)c1. The Labute approximate surface area is 272 Å². The Hall–Kier alpha value is -4.48. The number of nitrogens with zero attached hydrogens (tertiary/aromatic N) is 3. The molecule has 0 unspecified atom stereocenters. The highest BCUT2D eigenvalue weighted by molar-refractivity contribution is 6.00. The third-order valence-corrected chi connectivity index (χ3v) is 5.80. The largest absolute Gasteiger partial charge is 0.492 e. The summed E-state index contributed by atoms with van der Waals surface area (Å²) in [4.78, 5) is 62.8. The van der Waals surface area contributed by atoms with E-state index in [0.29, 0.717) is 46.2 Å². The van der Waals surface area contributed by atoms with Gasteiger partial charge < -0.3 is 49.1 Å². The second-order valence-corrected chi connectivity index (χ2v) is 9.26. The van der Waals surface area contributed by atoms with Gasteiger partial charge in [0, 0.05) is 42.1 Å². The van der Waals surface area contributed by atoms with Gasteiger partial charge in [-0.1, -0.05) is 5.11 Å². The van der Waals surface area contributed by atoms with Crippen LogP contribution in [-0.4, -0.2) is 130 Å². The molecule has 0 aliphatic heterocycles. The van der Waals surface area contributed by atoms with Crippen LogP contribution in [0.3, 0.4) is 0 Å². The molecule has 0 heterocycles. The number of rotatable bonds is 27. The maximum atomic E-state index is 12.7. The van der Waals surface area contributed by atoms with Crippen molar-refractivity contribution in [2.45, 2.75) is 19.3 Å². The molecule has 262 valence electrons. The quantitative estimate of drug-likeness (QED) is 0.0383. The van der Waals surface area contributed by atoms with Gasteiger partial charge in [0.1, 0.15) is 12.4 Å².